The average molecular weight is 651 g/mol. The molecule has 0 saturated carbocycles. The highest BCUT2D eigenvalue weighted by atomic mass is 16.5. The van der Waals surface area contributed by atoms with Crippen LogP contribution in [0.2, 0.25) is 0 Å². The van der Waals surface area contributed by atoms with E-state index in [2.05, 4.69) is 45.9 Å². The first-order valence-electron chi connectivity index (χ1n) is 17.7. The Kier molecular flexibility index (Phi) is 11.7. The maximum atomic E-state index is 13.8. The van der Waals surface area contributed by atoms with Gasteiger partial charge < -0.3 is 20.5 Å². The fraction of sp³-hybridized carbons (Fsp3) is 0.450. The van der Waals surface area contributed by atoms with Gasteiger partial charge >= 0.3 is 0 Å². The van der Waals surface area contributed by atoms with Gasteiger partial charge in [0.15, 0.2) is 0 Å². The van der Waals surface area contributed by atoms with E-state index in [0.717, 1.165) is 102 Å². The fourth-order valence-electron chi connectivity index (χ4n) is 7.04. The maximum absolute atomic E-state index is 13.8. The summed E-state index contributed by atoms with van der Waals surface area (Å²) in [5, 5.41) is 17.4. The van der Waals surface area contributed by atoms with Crippen LogP contribution in [-0.4, -0.2) is 79.4 Å². The van der Waals surface area contributed by atoms with Crippen LogP contribution in [0.3, 0.4) is 0 Å². The van der Waals surface area contributed by atoms with Crippen molar-refractivity contribution < 1.29 is 19.4 Å². The molecule has 1 aliphatic heterocycles. The molecule has 1 heterocycles. The van der Waals surface area contributed by atoms with Gasteiger partial charge in [0.25, 0.3) is 11.8 Å². The van der Waals surface area contributed by atoms with Gasteiger partial charge in [-0.1, -0.05) is 48.1 Å². The molecule has 3 N–H and O–H groups in total. The highest BCUT2D eigenvalue weighted by Gasteiger charge is 2.24. The molecule has 2 aromatic rings. The Morgan fingerprint density at radius 1 is 0.917 bits per heavy atom. The van der Waals surface area contributed by atoms with Crippen molar-refractivity contribution in [2.75, 3.05) is 51.8 Å². The van der Waals surface area contributed by atoms with E-state index >= 15 is 0 Å². The van der Waals surface area contributed by atoms with Crippen LogP contribution in [0.1, 0.15) is 72.0 Å². The van der Waals surface area contributed by atoms with Crippen LogP contribution in [0.5, 0.6) is 0 Å². The lowest BCUT2D eigenvalue weighted by atomic mass is 9.89. The minimum Gasteiger partial charge on any atom is -0.379 e. The van der Waals surface area contributed by atoms with Gasteiger partial charge in [-0.3, -0.25) is 19.4 Å². The Morgan fingerprint density at radius 2 is 1.69 bits per heavy atom. The van der Waals surface area contributed by atoms with Crippen LogP contribution in [0, 0.1) is 0 Å². The van der Waals surface area contributed by atoms with E-state index in [1.807, 2.05) is 48.4 Å². The van der Waals surface area contributed by atoms with E-state index in [9.17, 15) is 14.7 Å². The standard InChI is InChI=1S/C40H50N4O4/c1-43(20-21-44-22-24-48-25-23-44)40(47)34-13-7-12-33(26-34)38(45)42-37-28-32-11-6-5-10-31(32)27-36(37)39(46)41-35-18-16-30(17-19-35)15-14-29-8-3-2-4-9-29/h2-4,8-9,12,16,18,26-28,40,47H,5-7,10-11,13-15,17,19-25H2,1H3,(H,41,46)(H,42,45). The Morgan fingerprint density at radius 3 is 2.44 bits per heavy atom. The summed E-state index contributed by atoms with van der Waals surface area (Å²) < 4.78 is 5.45. The average Bonchev–Trinajstić information content (AvgIpc) is 3.13. The van der Waals surface area contributed by atoms with E-state index in [1.54, 1.807) is 0 Å². The van der Waals surface area contributed by atoms with Gasteiger partial charge in [0, 0.05) is 37.4 Å². The summed E-state index contributed by atoms with van der Waals surface area (Å²) in [7, 11) is 1.92. The van der Waals surface area contributed by atoms with Crippen molar-refractivity contribution in [2.45, 2.75) is 70.4 Å². The van der Waals surface area contributed by atoms with Crippen molar-refractivity contribution in [2.24, 2.45) is 0 Å². The van der Waals surface area contributed by atoms with E-state index in [0.29, 0.717) is 29.7 Å². The van der Waals surface area contributed by atoms with Crippen molar-refractivity contribution in [1.29, 1.82) is 0 Å². The third-order valence-corrected chi connectivity index (χ3v) is 10.1. The molecule has 1 unspecified atom stereocenters. The summed E-state index contributed by atoms with van der Waals surface area (Å²) in [5.74, 6) is -0.458. The zero-order valence-corrected chi connectivity index (χ0v) is 28.3. The number of allylic oxidation sites excluding steroid dienone is 5. The normalized spacial score (nSPS) is 19.0. The van der Waals surface area contributed by atoms with Crippen LogP contribution >= 0.6 is 0 Å². The zero-order chi connectivity index (χ0) is 33.3. The largest absolute Gasteiger partial charge is 0.379 e. The van der Waals surface area contributed by atoms with Crippen molar-refractivity contribution in [3.63, 3.8) is 0 Å². The van der Waals surface area contributed by atoms with E-state index < -0.39 is 6.23 Å². The Labute approximate surface area is 285 Å². The van der Waals surface area contributed by atoms with Gasteiger partial charge in [0.05, 0.1) is 24.5 Å². The van der Waals surface area contributed by atoms with E-state index in [1.165, 1.54) is 22.3 Å². The number of ether oxygens (including phenoxy) is 1. The van der Waals surface area contributed by atoms with Crippen LogP contribution in [-0.2, 0) is 28.8 Å². The van der Waals surface area contributed by atoms with Crippen LogP contribution in [0.15, 0.2) is 89.2 Å². The molecule has 4 aliphatic rings. The molecule has 254 valence electrons. The molecule has 0 radical (unpaired) electrons. The quantitative estimate of drug-likeness (QED) is 0.255. The molecule has 0 aromatic heterocycles. The van der Waals surface area contributed by atoms with Gasteiger partial charge in [-0.15, -0.1) is 0 Å². The second-order valence-corrected chi connectivity index (χ2v) is 13.5. The molecule has 48 heavy (non-hydrogen) atoms. The van der Waals surface area contributed by atoms with Crippen molar-refractivity contribution >= 4 is 17.5 Å². The molecule has 2 amide bonds. The number of hydrogen-bond acceptors (Lipinski definition) is 6. The second-order valence-electron chi connectivity index (χ2n) is 13.5. The summed E-state index contributed by atoms with van der Waals surface area (Å²) in [5.41, 5.74) is 8.38. The predicted molar refractivity (Wildman–Crippen MR) is 191 cm³/mol. The topological polar surface area (TPSA) is 94.1 Å². The molecule has 1 saturated heterocycles. The minimum atomic E-state index is -0.760. The third-order valence-electron chi connectivity index (χ3n) is 10.1. The molecule has 8 heteroatoms. The summed E-state index contributed by atoms with van der Waals surface area (Å²) in [6, 6.07) is 14.5. The van der Waals surface area contributed by atoms with Gasteiger partial charge in [-0.2, -0.15) is 0 Å². The number of morpholine rings is 1. The first kappa shape index (κ1) is 34.1. The lowest BCUT2D eigenvalue weighted by molar-refractivity contribution is -0.112. The minimum absolute atomic E-state index is 0.197. The van der Waals surface area contributed by atoms with Crippen molar-refractivity contribution in [1.82, 2.24) is 15.1 Å². The van der Waals surface area contributed by atoms with Crippen LogP contribution in [0.25, 0.3) is 0 Å². The number of likely N-dealkylation sites (N-methyl/N-ethyl adjacent to an activating group) is 1. The third kappa shape index (κ3) is 8.99. The smallest absolute Gasteiger partial charge is 0.257 e. The predicted octanol–water partition coefficient (Wildman–Crippen LogP) is 5.70. The summed E-state index contributed by atoms with van der Waals surface area (Å²) in [6.07, 6.45) is 16.3. The number of aliphatic hydroxyl groups is 1. The number of carbonyl (C=O) groups is 2. The number of carbonyl (C=O) groups excluding carboxylic acids is 2. The second kappa shape index (κ2) is 16.5. The van der Waals surface area contributed by atoms with Crippen LogP contribution < -0.4 is 10.6 Å². The Hall–Kier alpha value is -3.82. The number of hydrogen-bond donors (Lipinski definition) is 3. The number of fused-ring (bicyclic) bond motifs is 1. The lowest BCUT2D eigenvalue weighted by Gasteiger charge is -2.31. The summed E-state index contributed by atoms with van der Waals surface area (Å²) in [4.78, 5) is 31.7. The van der Waals surface area contributed by atoms with E-state index in [-0.39, 0.29) is 11.8 Å². The number of rotatable bonds is 12. The lowest BCUT2D eigenvalue weighted by Crippen LogP contribution is -2.43. The summed E-state index contributed by atoms with van der Waals surface area (Å²) >= 11 is 0. The fourth-order valence-corrected chi connectivity index (χ4v) is 7.04. The number of aryl methyl sites for hydroxylation is 3. The molecule has 2 aromatic carbocycles. The molecule has 0 spiro atoms. The van der Waals surface area contributed by atoms with Crippen molar-refractivity contribution in [3.8, 4) is 0 Å². The molecule has 6 rings (SSSR count). The Balaban J connectivity index is 1.11. The van der Waals surface area contributed by atoms with Crippen LogP contribution in [0.4, 0.5) is 5.69 Å². The zero-order valence-electron chi connectivity index (χ0n) is 28.3. The van der Waals surface area contributed by atoms with Gasteiger partial charge in [0.2, 0.25) is 0 Å². The first-order chi connectivity index (χ1) is 23.4. The number of benzene rings is 2. The highest BCUT2D eigenvalue weighted by Crippen LogP contribution is 2.30. The molecule has 1 fully saturated rings. The molecule has 1 atom stereocenters. The van der Waals surface area contributed by atoms with Gasteiger partial charge in [-0.05, 0) is 118 Å². The number of nitrogens with zero attached hydrogens (tertiary/aromatic N) is 2. The van der Waals surface area contributed by atoms with Crippen molar-refractivity contribution in [3.05, 3.63) is 111 Å². The molecular weight excluding hydrogens is 600 g/mol. The number of aliphatic hydroxyl groups excluding tert-OH is 1. The van der Waals surface area contributed by atoms with Gasteiger partial charge in [-0.25, -0.2) is 0 Å². The Bertz CT molecular complexity index is 1590. The molecular formula is C40H50N4O4. The number of nitrogens with one attached hydrogen (secondary N) is 2. The number of anilines is 1. The summed E-state index contributed by atoms with van der Waals surface area (Å²) in [6.45, 7) is 4.90. The SMILES string of the molecule is CN(CCN1CCOCC1)C(O)C1=CC(C(=O)Nc2cc3c(cc2C(=O)NC2=CC=C(CCc4ccccc4)CC2)CCCC3)=CCC1. The number of amides is 2. The molecule has 3 aliphatic carbocycles. The first-order valence-corrected chi connectivity index (χ1v) is 17.7. The van der Waals surface area contributed by atoms with E-state index in [4.69, 9.17) is 4.74 Å². The maximum Gasteiger partial charge on any atom is 0.257 e. The highest BCUT2D eigenvalue weighted by molar-refractivity contribution is 6.10. The molecule has 8 nitrogen and oxygen atoms in total. The molecule has 0 bridgehead atoms. The monoisotopic (exact) mass is 650 g/mol. The van der Waals surface area contributed by atoms with Gasteiger partial charge in [0.1, 0.15) is 6.23 Å².